The van der Waals surface area contributed by atoms with Crippen LogP contribution in [0.25, 0.3) is 0 Å². The summed E-state index contributed by atoms with van der Waals surface area (Å²) in [6.45, 7) is 5.96. The summed E-state index contributed by atoms with van der Waals surface area (Å²) in [5.74, 6) is -0.315. The van der Waals surface area contributed by atoms with Crippen molar-refractivity contribution in [2.24, 2.45) is 13.0 Å². The number of aromatic nitrogens is 2. The Hall–Kier alpha value is -1.16. The molecule has 1 aliphatic rings. The van der Waals surface area contributed by atoms with E-state index in [2.05, 4.69) is 15.7 Å². The number of carbonyl (C=O) groups excluding carboxylic acids is 1. The lowest BCUT2D eigenvalue weighted by molar-refractivity contribution is -0.124. The summed E-state index contributed by atoms with van der Waals surface area (Å²) < 4.78 is 27.4. The molecule has 2 rings (SSSR count). The van der Waals surface area contributed by atoms with Crippen LogP contribution in [-0.4, -0.2) is 66.9 Å². The van der Waals surface area contributed by atoms with Crippen molar-refractivity contribution in [3.05, 3.63) is 18.0 Å². The molecule has 0 aliphatic carbocycles. The molecule has 144 valence electrons. The van der Waals surface area contributed by atoms with Crippen molar-refractivity contribution in [3.63, 3.8) is 0 Å². The van der Waals surface area contributed by atoms with Crippen LogP contribution in [0.1, 0.15) is 25.3 Å². The lowest BCUT2D eigenvalue weighted by atomic mass is 9.90. The molecule has 0 spiro atoms. The minimum Gasteiger partial charge on any atom is -0.355 e. The van der Waals surface area contributed by atoms with E-state index in [0.717, 1.165) is 12.1 Å². The number of rotatable bonds is 8. The molecular weight excluding hydrogens is 366 g/mol. The van der Waals surface area contributed by atoms with E-state index in [4.69, 9.17) is 0 Å². The summed E-state index contributed by atoms with van der Waals surface area (Å²) >= 11 is 0. The maximum absolute atomic E-state index is 12.4. The lowest BCUT2D eigenvalue weighted by Crippen LogP contribution is -2.40. The number of carbonyl (C=O) groups is 1. The normalized spacial score (nSPS) is 20.5. The molecule has 2 heterocycles. The van der Waals surface area contributed by atoms with Crippen LogP contribution in [0.2, 0.25) is 0 Å². The van der Waals surface area contributed by atoms with Crippen LogP contribution >= 0.6 is 12.4 Å². The van der Waals surface area contributed by atoms with Crippen molar-refractivity contribution in [3.8, 4) is 0 Å². The molecule has 10 heteroatoms. The molecule has 0 radical (unpaired) electrons. The summed E-state index contributed by atoms with van der Waals surface area (Å²) in [7, 11) is -1.47. The fraction of sp³-hybridized carbons (Fsp3) is 0.733. The molecule has 1 aromatic rings. The van der Waals surface area contributed by atoms with Crippen molar-refractivity contribution in [2.45, 2.75) is 19.8 Å². The fourth-order valence-electron chi connectivity index (χ4n) is 3.12. The van der Waals surface area contributed by atoms with Gasteiger partial charge in [0.15, 0.2) is 0 Å². The van der Waals surface area contributed by atoms with Crippen LogP contribution in [0.5, 0.6) is 0 Å². The Morgan fingerprint density at radius 2 is 2.08 bits per heavy atom. The fourth-order valence-corrected chi connectivity index (χ4v) is 4.52. The maximum Gasteiger partial charge on any atom is 0.225 e. The van der Waals surface area contributed by atoms with Gasteiger partial charge >= 0.3 is 0 Å². The van der Waals surface area contributed by atoms with E-state index in [1.165, 1.54) is 4.31 Å². The van der Waals surface area contributed by atoms with Crippen molar-refractivity contribution in [1.29, 1.82) is 0 Å². The van der Waals surface area contributed by atoms with Crippen LogP contribution in [0, 0.1) is 5.92 Å². The topological polar surface area (TPSA) is 96.3 Å². The summed E-state index contributed by atoms with van der Waals surface area (Å²) in [6.07, 6.45) is 3.70. The number of hydrogen-bond acceptors (Lipinski definition) is 5. The largest absolute Gasteiger partial charge is 0.355 e. The Morgan fingerprint density at radius 3 is 2.64 bits per heavy atom. The third kappa shape index (κ3) is 5.40. The third-order valence-corrected chi connectivity index (χ3v) is 6.49. The highest BCUT2D eigenvalue weighted by molar-refractivity contribution is 7.89. The summed E-state index contributed by atoms with van der Waals surface area (Å²) in [5, 5.41) is 10.2. The zero-order valence-electron chi connectivity index (χ0n) is 14.9. The molecule has 8 nitrogen and oxygen atoms in total. The molecule has 1 saturated heterocycles. The van der Waals surface area contributed by atoms with Gasteiger partial charge in [0, 0.05) is 51.9 Å². The molecule has 25 heavy (non-hydrogen) atoms. The predicted octanol–water partition coefficient (Wildman–Crippen LogP) is -0.0673. The first-order valence-corrected chi connectivity index (χ1v) is 9.94. The Balaban J connectivity index is 0.00000312. The third-order valence-electron chi connectivity index (χ3n) is 4.46. The monoisotopic (exact) mass is 393 g/mol. The van der Waals surface area contributed by atoms with Gasteiger partial charge in [0.1, 0.15) is 0 Å². The van der Waals surface area contributed by atoms with Crippen molar-refractivity contribution in [1.82, 2.24) is 24.7 Å². The first kappa shape index (κ1) is 21.9. The summed E-state index contributed by atoms with van der Waals surface area (Å²) in [5.41, 5.74) is 1.03. The van der Waals surface area contributed by atoms with Gasteiger partial charge in [-0.2, -0.15) is 5.10 Å². The molecule has 1 aromatic heterocycles. The second-order valence-electron chi connectivity index (χ2n) is 6.01. The molecule has 0 aromatic carbocycles. The Bertz CT molecular complexity index is 660. The van der Waals surface area contributed by atoms with Gasteiger partial charge in [0.05, 0.1) is 17.9 Å². The first-order chi connectivity index (χ1) is 11.4. The van der Waals surface area contributed by atoms with E-state index < -0.39 is 10.0 Å². The number of halogens is 1. The highest BCUT2D eigenvalue weighted by atomic mass is 35.5. The molecule has 0 bridgehead atoms. The van der Waals surface area contributed by atoms with Crippen LogP contribution in [0.3, 0.4) is 0 Å². The molecular formula is C15H28ClN5O3S. The molecule has 1 aliphatic heterocycles. The van der Waals surface area contributed by atoms with E-state index in [1.807, 2.05) is 27.1 Å². The standard InChI is InChI=1S/C15H27N5O3S.ClH/c1-4-20(5-2)24(22,23)7-6-17-15(21)14-10-16-9-13(14)12-8-18-19(3)11-12;/h8,11,13-14,16H,4-7,9-10H2,1-3H3,(H,17,21);1H/t13-,14+;/m1./s1. The summed E-state index contributed by atoms with van der Waals surface area (Å²) in [6, 6.07) is 0. The average molecular weight is 394 g/mol. The van der Waals surface area contributed by atoms with E-state index in [-0.39, 0.29) is 42.4 Å². The van der Waals surface area contributed by atoms with E-state index >= 15 is 0 Å². The van der Waals surface area contributed by atoms with Gasteiger partial charge < -0.3 is 10.6 Å². The van der Waals surface area contributed by atoms with Gasteiger partial charge in [-0.05, 0) is 5.56 Å². The highest BCUT2D eigenvalue weighted by Gasteiger charge is 2.34. The number of sulfonamides is 1. The molecule has 1 fully saturated rings. The number of aryl methyl sites for hydroxylation is 1. The van der Waals surface area contributed by atoms with Crippen molar-refractivity contribution in [2.75, 3.05) is 38.5 Å². The van der Waals surface area contributed by atoms with Gasteiger partial charge in [-0.15, -0.1) is 12.4 Å². The Morgan fingerprint density at radius 1 is 1.40 bits per heavy atom. The number of nitrogens with zero attached hydrogens (tertiary/aromatic N) is 3. The molecule has 0 unspecified atom stereocenters. The van der Waals surface area contributed by atoms with Gasteiger partial charge in [0.25, 0.3) is 0 Å². The average Bonchev–Trinajstić information content (AvgIpc) is 3.16. The van der Waals surface area contributed by atoms with Crippen molar-refractivity contribution >= 4 is 28.3 Å². The molecule has 0 saturated carbocycles. The zero-order valence-corrected chi connectivity index (χ0v) is 16.6. The van der Waals surface area contributed by atoms with Gasteiger partial charge in [-0.25, -0.2) is 12.7 Å². The first-order valence-electron chi connectivity index (χ1n) is 8.33. The maximum atomic E-state index is 12.4. The van der Waals surface area contributed by atoms with Gasteiger partial charge in [-0.1, -0.05) is 13.8 Å². The molecule has 2 atom stereocenters. The number of nitrogens with one attached hydrogen (secondary N) is 2. The second kappa shape index (κ2) is 9.51. The van der Waals surface area contributed by atoms with Gasteiger partial charge in [-0.3, -0.25) is 9.48 Å². The smallest absolute Gasteiger partial charge is 0.225 e. The number of hydrogen-bond donors (Lipinski definition) is 2. The second-order valence-corrected chi connectivity index (χ2v) is 8.10. The van der Waals surface area contributed by atoms with Crippen LogP contribution < -0.4 is 10.6 Å². The van der Waals surface area contributed by atoms with E-state index in [9.17, 15) is 13.2 Å². The van der Waals surface area contributed by atoms with Crippen LogP contribution in [0.15, 0.2) is 12.4 Å². The SMILES string of the molecule is CCN(CC)S(=O)(=O)CCNC(=O)[C@H]1CNC[C@@H]1c1cnn(C)c1.Cl. The minimum atomic E-state index is -3.31. The Labute approximate surface area is 155 Å². The summed E-state index contributed by atoms with van der Waals surface area (Å²) in [4.78, 5) is 12.4. The highest BCUT2D eigenvalue weighted by Crippen LogP contribution is 2.27. The van der Waals surface area contributed by atoms with Gasteiger partial charge in [0.2, 0.25) is 15.9 Å². The zero-order chi connectivity index (χ0) is 17.7. The predicted molar refractivity (Wildman–Crippen MR) is 99.3 cm³/mol. The quantitative estimate of drug-likeness (QED) is 0.644. The van der Waals surface area contributed by atoms with Crippen LogP contribution in [-0.2, 0) is 21.9 Å². The Kier molecular flexibility index (Phi) is 8.33. The van der Waals surface area contributed by atoms with Crippen LogP contribution in [0.4, 0.5) is 0 Å². The lowest BCUT2D eigenvalue weighted by Gasteiger charge is -2.20. The van der Waals surface area contributed by atoms with Crippen molar-refractivity contribution < 1.29 is 13.2 Å². The van der Waals surface area contributed by atoms with E-state index in [1.54, 1.807) is 10.9 Å². The molecule has 2 N–H and O–H groups in total. The van der Waals surface area contributed by atoms with E-state index in [0.29, 0.717) is 19.6 Å². The minimum absolute atomic E-state index is 0. The number of amides is 1. The molecule has 1 amide bonds.